The summed E-state index contributed by atoms with van der Waals surface area (Å²) in [5.41, 5.74) is 10.6. The van der Waals surface area contributed by atoms with Crippen LogP contribution in [0, 0.1) is 0 Å². The molecule has 5 rings (SSSR count). The van der Waals surface area contributed by atoms with Crippen LogP contribution in [0.4, 0.5) is 5.82 Å². The van der Waals surface area contributed by atoms with Crippen molar-refractivity contribution in [2.24, 2.45) is 10.1 Å². The maximum Gasteiger partial charge on any atom is 0.170 e. The summed E-state index contributed by atoms with van der Waals surface area (Å²) in [7, 11) is 0. The van der Waals surface area contributed by atoms with Crippen LogP contribution in [0.25, 0.3) is 11.4 Å². The lowest BCUT2D eigenvalue weighted by Crippen LogP contribution is -2.27. The normalized spacial score (nSPS) is 13.1. The summed E-state index contributed by atoms with van der Waals surface area (Å²) < 4.78 is 8.76. The zero-order valence-corrected chi connectivity index (χ0v) is 18.2. The number of fused-ring (bicyclic) bond motifs is 1. The summed E-state index contributed by atoms with van der Waals surface area (Å²) in [6, 6.07) is 28.3. The molecular formula is C24H20ClN5S. The van der Waals surface area contributed by atoms with E-state index in [2.05, 4.69) is 37.5 Å². The molecule has 0 fully saturated rings. The highest BCUT2D eigenvalue weighted by atomic mass is 35.5. The molecule has 0 unspecified atom stereocenters. The van der Waals surface area contributed by atoms with Crippen LogP contribution in [0.15, 0.2) is 89.3 Å². The molecular weight excluding hydrogens is 426 g/mol. The number of aromatic nitrogens is 2. The van der Waals surface area contributed by atoms with E-state index in [1.165, 1.54) is 17.7 Å². The number of hydrogen-bond donors (Lipinski definition) is 1. The molecule has 2 N–H and O–H groups in total. The van der Waals surface area contributed by atoms with Gasteiger partial charge in [-0.05, 0) is 23.3 Å². The van der Waals surface area contributed by atoms with Crippen LogP contribution < -0.4 is 10.0 Å². The van der Waals surface area contributed by atoms with E-state index >= 15 is 0 Å². The van der Waals surface area contributed by atoms with Gasteiger partial charge in [0, 0.05) is 17.1 Å². The average Bonchev–Trinajstić information content (AvgIpc) is 3.19. The molecule has 154 valence electrons. The Bertz CT molecular complexity index is 1220. The first-order chi connectivity index (χ1) is 15.2. The van der Waals surface area contributed by atoms with Gasteiger partial charge in [0.25, 0.3) is 0 Å². The highest BCUT2D eigenvalue weighted by Gasteiger charge is 2.29. The number of benzene rings is 3. The quantitative estimate of drug-likeness (QED) is 0.410. The summed E-state index contributed by atoms with van der Waals surface area (Å²) in [6.07, 6.45) is 0. The number of anilines is 1. The predicted octanol–water partition coefficient (Wildman–Crippen LogP) is 5.54. The summed E-state index contributed by atoms with van der Waals surface area (Å²) in [4.78, 5) is 5.04. The fraction of sp³-hybridized carbons (Fsp3) is 0.0833. The van der Waals surface area contributed by atoms with Gasteiger partial charge in [-0.15, -0.1) is 0 Å². The van der Waals surface area contributed by atoms with E-state index < -0.39 is 0 Å². The zero-order chi connectivity index (χ0) is 21.2. The van der Waals surface area contributed by atoms with E-state index in [4.69, 9.17) is 22.3 Å². The molecule has 1 aromatic heterocycles. The molecule has 3 aromatic carbocycles. The third-order valence-corrected chi connectivity index (χ3v) is 6.15. The Morgan fingerprint density at radius 3 is 2.16 bits per heavy atom. The Hall–Kier alpha value is -3.22. The van der Waals surface area contributed by atoms with E-state index in [0.29, 0.717) is 23.9 Å². The highest BCUT2D eigenvalue weighted by molar-refractivity contribution is 7.99. The monoisotopic (exact) mass is 445 g/mol. The zero-order valence-electron chi connectivity index (χ0n) is 16.6. The second-order valence-corrected chi connectivity index (χ2v) is 8.49. The topological polar surface area (TPSA) is 59.4 Å². The van der Waals surface area contributed by atoms with Crippen molar-refractivity contribution < 1.29 is 0 Å². The van der Waals surface area contributed by atoms with Gasteiger partial charge in [0.2, 0.25) is 0 Å². The Morgan fingerprint density at radius 2 is 1.45 bits per heavy atom. The summed E-state index contributed by atoms with van der Waals surface area (Å²) in [6.45, 7) is 1.30. The van der Waals surface area contributed by atoms with E-state index in [-0.39, 0.29) is 0 Å². The van der Waals surface area contributed by atoms with Crippen LogP contribution >= 0.6 is 23.7 Å². The fourth-order valence-electron chi connectivity index (χ4n) is 3.63. The van der Waals surface area contributed by atoms with Crippen LogP contribution in [-0.2, 0) is 13.1 Å². The lowest BCUT2D eigenvalue weighted by Gasteiger charge is -2.24. The van der Waals surface area contributed by atoms with E-state index in [9.17, 15) is 0 Å². The standard InChI is InChI=1S/C24H20ClN5S/c25-20-13-11-18(12-14-20)15-29-21-22(26)28-31-30(16-17-7-3-1-4-8-17)24(21)27-23(29)19-9-5-2-6-10-19/h1-14H,15-16H2,(H2,26,28). The van der Waals surface area contributed by atoms with Crippen molar-refractivity contribution in [1.29, 1.82) is 0 Å². The molecule has 1 aliphatic heterocycles. The van der Waals surface area contributed by atoms with E-state index in [0.717, 1.165) is 28.5 Å². The number of amidine groups is 1. The minimum absolute atomic E-state index is 0.480. The molecule has 0 spiro atoms. The molecule has 0 amide bonds. The first-order valence-electron chi connectivity index (χ1n) is 9.92. The lowest BCUT2D eigenvalue weighted by molar-refractivity contribution is 0.797. The largest absolute Gasteiger partial charge is 0.381 e. The predicted molar refractivity (Wildman–Crippen MR) is 129 cm³/mol. The molecule has 0 atom stereocenters. The molecule has 2 heterocycles. The number of hydrogen-bond acceptors (Lipinski definition) is 5. The number of rotatable bonds is 5. The molecule has 1 aliphatic rings. The van der Waals surface area contributed by atoms with Crippen molar-refractivity contribution in [3.05, 3.63) is 107 Å². The molecule has 5 nitrogen and oxygen atoms in total. The van der Waals surface area contributed by atoms with Gasteiger partial charge in [-0.3, -0.25) is 4.31 Å². The maximum atomic E-state index is 6.39. The minimum atomic E-state index is 0.480. The molecule has 0 saturated heterocycles. The molecule has 7 heteroatoms. The molecule has 0 aliphatic carbocycles. The first kappa shape index (κ1) is 19.7. The SMILES string of the molecule is NC1=NSN(Cc2ccccc2)c2nc(-c3ccccc3)n(Cc3ccc(Cl)cc3)c21. The van der Waals surface area contributed by atoms with Crippen LogP contribution in [0.2, 0.25) is 5.02 Å². The van der Waals surface area contributed by atoms with Crippen LogP contribution in [0.1, 0.15) is 16.8 Å². The minimum Gasteiger partial charge on any atom is -0.381 e. The van der Waals surface area contributed by atoms with Gasteiger partial charge in [0.1, 0.15) is 11.5 Å². The third-order valence-electron chi connectivity index (χ3n) is 5.12. The third kappa shape index (κ3) is 4.04. The summed E-state index contributed by atoms with van der Waals surface area (Å²) in [5, 5.41) is 0.714. The summed E-state index contributed by atoms with van der Waals surface area (Å²) in [5.74, 6) is 2.17. The Labute approximate surface area is 190 Å². The van der Waals surface area contributed by atoms with E-state index in [1.807, 2.05) is 60.7 Å². The lowest BCUT2D eigenvalue weighted by atomic mass is 10.2. The highest BCUT2D eigenvalue weighted by Crippen LogP contribution is 2.37. The van der Waals surface area contributed by atoms with Crippen LogP contribution in [0.5, 0.6) is 0 Å². The molecule has 0 bridgehead atoms. The van der Waals surface area contributed by atoms with Crippen molar-refractivity contribution in [3.63, 3.8) is 0 Å². The van der Waals surface area contributed by atoms with Gasteiger partial charge >= 0.3 is 0 Å². The molecule has 4 aromatic rings. The van der Waals surface area contributed by atoms with Gasteiger partial charge in [0.05, 0.1) is 18.7 Å². The Balaban J connectivity index is 1.62. The van der Waals surface area contributed by atoms with Crippen LogP contribution in [0.3, 0.4) is 0 Å². The van der Waals surface area contributed by atoms with Gasteiger partial charge in [-0.1, -0.05) is 84.4 Å². The number of nitrogens with zero attached hydrogens (tertiary/aromatic N) is 4. The number of nitrogens with two attached hydrogens (primary N) is 1. The Morgan fingerprint density at radius 1 is 0.806 bits per heavy atom. The van der Waals surface area contributed by atoms with Gasteiger partial charge in [-0.2, -0.15) is 4.40 Å². The van der Waals surface area contributed by atoms with Crippen molar-refractivity contribution >= 4 is 35.4 Å². The van der Waals surface area contributed by atoms with Crippen LogP contribution in [-0.4, -0.2) is 15.4 Å². The second kappa shape index (κ2) is 8.49. The van der Waals surface area contributed by atoms with Crippen molar-refractivity contribution in [2.45, 2.75) is 13.1 Å². The number of imidazole rings is 1. The van der Waals surface area contributed by atoms with Gasteiger partial charge < -0.3 is 10.3 Å². The van der Waals surface area contributed by atoms with Gasteiger partial charge in [-0.25, -0.2) is 4.98 Å². The Kier molecular flexibility index (Phi) is 5.40. The maximum absolute atomic E-state index is 6.39. The van der Waals surface area contributed by atoms with Crippen molar-refractivity contribution in [2.75, 3.05) is 4.31 Å². The molecule has 31 heavy (non-hydrogen) atoms. The van der Waals surface area contributed by atoms with E-state index in [1.54, 1.807) is 0 Å². The smallest absolute Gasteiger partial charge is 0.170 e. The first-order valence-corrected chi connectivity index (χ1v) is 11.0. The average molecular weight is 446 g/mol. The fourth-order valence-corrected chi connectivity index (χ4v) is 4.44. The second-order valence-electron chi connectivity index (χ2n) is 7.27. The summed E-state index contributed by atoms with van der Waals surface area (Å²) >= 11 is 7.42. The number of halogens is 1. The molecule has 0 saturated carbocycles. The molecule has 0 radical (unpaired) electrons. The van der Waals surface area contributed by atoms with Gasteiger partial charge in [0.15, 0.2) is 11.7 Å². The van der Waals surface area contributed by atoms with Crippen molar-refractivity contribution in [1.82, 2.24) is 9.55 Å². The van der Waals surface area contributed by atoms with Crippen molar-refractivity contribution in [3.8, 4) is 11.4 Å².